The topological polar surface area (TPSA) is 57.5 Å². The van der Waals surface area contributed by atoms with E-state index < -0.39 is 5.41 Å². The van der Waals surface area contributed by atoms with Crippen LogP contribution in [-0.4, -0.2) is 22.6 Å². The number of hydrogen-bond donors (Lipinski definition) is 2. The molecule has 2 N–H and O–H groups in total. The van der Waals surface area contributed by atoms with Crippen molar-refractivity contribution in [1.82, 2.24) is 0 Å². The molecular weight excluding hydrogens is 288 g/mol. The molecule has 0 bridgehead atoms. The zero-order chi connectivity index (χ0) is 17.0. The van der Waals surface area contributed by atoms with E-state index in [1.807, 2.05) is 13.0 Å². The van der Waals surface area contributed by atoms with Crippen molar-refractivity contribution in [2.75, 3.05) is 6.61 Å². The van der Waals surface area contributed by atoms with Crippen LogP contribution in [0.2, 0.25) is 0 Å². The number of phenols is 1. The van der Waals surface area contributed by atoms with Crippen molar-refractivity contribution in [2.24, 2.45) is 11.3 Å². The molecule has 3 heteroatoms. The van der Waals surface area contributed by atoms with Crippen molar-refractivity contribution in [3.63, 3.8) is 0 Å². The highest BCUT2D eigenvalue weighted by atomic mass is 16.3. The number of carbonyl (C=O) groups excluding carboxylic acids is 1. The van der Waals surface area contributed by atoms with Crippen LogP contribution in [0, 0.1) is 11.3 Å². The lowest BCUT2D eigenvalue weighted by atomic mass is 9.49. The first kappa shape index (κ1) is 16.5. The summed E-state index contributed by atoms with van der Waals surface area (Å²) in [5, 5.41) is 20.7. The van der Waals surface area contributed by atoms with Crippen LogP contribution in [0.5, 0.6) is 5.75 Å². The van der Waals surface area contributed by atoms with Gasteiger partial charge >= 0.3 is 0 Å². The molecule has 3 atom stereocenters. The van der Waals surface area contributed by atoms with E-state index in [-0.39, 0.29) is 23.7 Å². The number of aliphatic hydroxyl groups excluding tert-OH is 1. The van der Waals surface area contributed by atoms with E-state index in [0.717, 1.165) is 30.4 Å². The van der Waals surface area contributed by atoms with Crippen molar-refractivity contribution in [1.29, 1.82) is 0 Å². The van der Waals surface area contributed by atoms with Gasteiger partial charge in [-0.3, -0.25) is 4.79 Å². The van der Waals surface area contributed by atoms with E-state index in [2.05, 4.69) is 26.8 Å². The average molecular weight is 316 g/mol. The highest BCUT2D eigenvalue weighted by Gasteiger charge is 2.55. The maximum Gasteiger partial charge on any atom is 0.141 e. The Kier molecular flexibility index (Phi) is 3.83. The molecule has 0 unspecified atom stereocenters. The summed E-state index contributed by atoms with van der Waals surface area (Å²) in [6, 6.07) is 4.20. The molecule has 23 heavy (non-hydrogen) atoms. The van der Waals surface area contributed by atoms with Crippen molar-refractivity contribution >= 4 is 5.78 Å². The first-order valence-electron chi connectivity index (χ1n) is 8.75. The molecule has 2 aliphatic carbocycles. The summed E-state index contributed by atoms with van der Waals surface area (Å²) in [5.41, 5.74) is 2.44. The maximum atomic E-state index is 12.5. The minimum Gasteiger partial charge on any atom is -0.507 e. The SMILES string of the molecule is CC(C)c1ccc2c(c1O)CC[C@H]1[C@@](C)(CO)C(=O)CC[C@]21C. The Morgan fingerprint density at radius 2 is 1.96 bits per heavy atom. The van der Waals surface area contributed by atoms with E-state index in [1.165, 1.54) is 5.56 Å². The van der Waals surface area contributed by atoms with Crippen molar-refractivity contribution in [3.05, 3.63) is 28.8 Å². The summed E-state index contributed by atoms with van der Waals surface area (Å²) in [7, 11) is 0. The van der Waals surface area contributed by atoms with Gasteiger partial charge in [0.15, 0.2) is 0 Å². The van der Waals surface area contributed by atoms with Crippen LogP contribution >= 0.6 is 0 Å². The molecule has 126 valence electrons. The van der Waals surface area contributed by atoms with Crippen LogP contribution in [0.1, 0.15) is 69.6 Å². The highest BCUT2D eigenvalue weighted by Crippen LogP contribution is 2.57. The molecule has 1 saturated carbocycles. The number of phenolic OH excluding ortho intramolecular Hbond substituents is 1. The zero-order valence-electron chi connectivity index (χ0n) is 14.6. The molecule has 0 spiro atoms. The van der Waals surface area contributed by atoms with Gasteiger partial charge in [-0.05, 0) is 53.2 Å². The number of ketones is 1. The fourth-order valence-corrected chi connectivity index (χ4v) is 5.09. The first-order valence-corrected chi connectivity index (χ1v) is 8.75. The van der Waals surface area contributed by atoms with Gasteiger partial charge in [-0.1, -0.05) is 39.8 Å². The lowest BCUT2D eigenvalue weighted by Gasteiger charge is -2.54. The summed E-state index contributed by atoms with van der Waals surface area (Å²) < 4.78 is 0. The Hall–Kier alpha value is -1.35. The third-order valence-corrected chi connectivity index (χ3v) is 6.61. The maximum absolute atomic E-state index is 12.5. The van der Waals surface area contributed by atoms with Crippen LogP contribution in [0.4, 0.5) is 0 Å². The van der Waals surface area contributed by atoms with Gasteiger partial charge in [0, 0.05) is 6.42 Å². The van der Waals surface area contributed by atoms with Crippen LogP contribution in [0.3, 0.4) is 0 Å². The third kappa shape index (κ3) is 2.16. The molecule has 2 aliphatic rings. The molecule has 0 amide bonds. The summed E-state index contributed by atoms with van der Waals surface area (Å²) in [5.74, 6) is 1.06. The Bertz CT molecular complexity index is 649. The van der Waals surface area contributed by atoms with Crippen molar-refractivity contribution in [2.45, 2.75) is 64.7 Å². The molecule has 0 aromatic heterocycles. The van der Waals surface area contributed by atoms with Gasteiger partial charge in [-0.25, -0.2) is 0 Å². The largest absolute Gasteiger partial charge is 0.507 e. The van der Waals surface area contributed by atoms with E-state index >= 15 is 0 Å². The molecule has 1 fully saturated rings. The predicted octanol–water partition coefficient (Wildman–Crippen LogP) is 3.70. The highest BCUT2D eigenvalue weighted by molar-refractivity contribution is 5.86. The Balaban J connectivity index is 2.14. The average Bonchev–Trinajstić information content (AvgIpc) is 2.51. The van der Waals surface area contributed by atoms with Crippen molar-refractivity contribution in [3.8, 4) is 5.75 Å². The quantitative estimate of drug-likeness (QED) is 0.874. The molecule has 1 aromatic carbocycles. The Labute approximate surface area is 138 Å². The zero-order valence-corrected chi connectivity index (χ0v) is 14.6. The molecule has 0 heterocycles. The number of hydrogen-bond acceptors (Lipinski definition) is 3. The van der Waals surface area contributed by atoms with Gasteiger partial charge in [-0.2, -0.15) is 0 Å². The number of aromatic hydroxyl groups is 1. The fourth-order valence-electron chi connectivity index (χ4n) is 5.09. The molecule has 0 radical (unpaired) electrons. The molecule has 0 saturated heterocycles. The van der Waals surface area contributed by atoms with E-state index in [9.17, 15) is 15.0 Å². The van der Waals surface area contributed by atoms with Crippen LogP contribution in [-0.2, 0) is 16.6 Å². The second-order valence-corrected chi connectivity index (χ2v) is 8.19. The summed E-state index contributed by atoms with van der Waals surface area (Å²) >= 11 is 0. The normalized spacial score (nSPS) is 33.5. The fraction of sp³-hybridized carbons (Fsp3) is 0.650. The van der Waals surface area contributed by atoms with Gasteiger partial charge in [0.1, 0.15) is 11.5 Å². The monoisotopic (exact) mass is 316 g/mol. The van der Waals surface area contributed by atoms with E-state index in [4.69, 9.17) is 0 Å². The number of fused-ring (bicyclic) bond motifs is 3. The number of carbonyl (C=O) groups is 1. The second-order valence-electron chi connectivity index (χ2n) is 8.19. The second kappa shape index (κ2) is 5.34. The predicted molar refractivity (Wildman–Crippen MR) is 90.8 cm³/mol. The number of Topliss-reactive ketones (excluding diaryl/α,β-unsaturated/α-hetero) is 1. The standard InChI is InChI=1S/C20H28O3/c1-12(2)13-5-7-15-14(18(13)23)6-8-16-19(15,3)10-9-17(22)20(16,4)11-21/h5,7,12,16,21,23H,6,8-11H2,1-4H3/t16-,19-,20-/m1/s1. The number of benzene rings is 1. The van der Waals surface area contributed by atoms with E-state index in [0.29, 0.717) is 18.1 Å². The smallest absolute Gasteiger partial charge is 0.141 e. The molecular formula is C20H28O3. The lowest BCUT2D eigenvalue weighted by Crippen LogP contribution is -2.55. The molecule has 1 aromatic rings. The number of aliphatic hydroxyl groups is 1. The molecule has 3 rings (SSSR count). The van der Waals surface area contributed by atoms with Gasteiger partial charge < -0.3 is 10.2 Å². The van der Waals surface area contributed by atoms with E-state index in [1.54, 1.807) is 0 Å². The van der Waals surface area contributed by atoms with Crippen LogP contribution in [0.15, 0.2) is 12.1 Å². The summed E-state index contributed by atoms with van der Waals surface area (Å²) in [4.78, 5) is 12.5. The third-order valence-electron chi connectivity index (χ3n) is 6.61. The summed E-state index contributed by atoms with van der Waals surface area (Å²) in [6.07, 6.45) is 2.95. The molecule has 3 nitrogen and oxygen atoms in total. The number of rotatable bonds is 2. The van der Waals surface area contributed by atoms with Crippen LogP contribution < -0.4 is 0 Å². The van der Waals surface area contributed by atoms with Gasteiger partial charge in [0.2, 0.25) is 0 Å². The Morgan fingerprint density at radius 3 is 2.57 bits per heavy atom. The Morgan fingerprint density at radius 1 is 1.26 bits per heavy atom. The van der Waals surface area contributed by atoms with Gasteiger partial charge in [-0.15, -0.1) is 0 Å². The molecule has 0 aliphatic heterocycles. The minimum atomic E-state index is -0.656. The lowest BCUT2D eigenvalue weighted by molar-refractivity contribution is -0.142. The van der Waals surface area contributed by atoms with Gasteiger partial charge in [0.25, 0.3) is 0 Å². The summed E-state index contributed by atoms with van der Waals surface area (Å²) in [6.45, 7) is 8.24. The first-order chi connectivity index (χ1) is 10.8. The van der Waals surface area contributed by atoms with Crippen LogP contribution in [0.25, 0.3) is 0 Å². The van der Waals surface area contributed by atoms with Crippen molar-refractivity contribution < 1.29 is 15.0 Å². The van der Waals surface area contributed by atoms with Gasteiger partial charge in [0.05, 0.1) is 12.0 Å². The minimum absolute atomic E-state index is 0.0858.